The second kappa shape index (κ2) is 6.65. The molecule has 96 valence electrons. The summed E-state index contributed by atoms with van der Waals surface area (Å²) < 4.78 is 5.88. The Hall–Kier alpha value is -1.02. The molecule has 0 aliphatic rings. The zero-order valence-corrected chi connectivity index (χ0v) is 11.5. The predicted octanol–water partition coefficient (Wildman–Crippen LogP) is 3.23. The topological polar surface area (TPSA) is 35.2 Å². The molecule has 0 radical (unpaired) electrons. The Morgan fingerprint density at radius 1 is 1.18 bits per heavy atom. The van der Waals surface area contributed by atoms with Crippen LogP contribution in [0.1, 0.15) is 37.0 Å². The Kier molecular flexibility index (Phi) is 5.49. The third-order valence-electron chi connectivity index (χ3n) is 2.89. The van der Waals surface area contributed by atoms with Gasteiger partial charge in [0, 0.05) is 0 Å². The maximum Gasteiger partial charge on any atom is 0.125 e. The number of hydrogen-bond donors (Lipinski definition) is 1. The highest BCUT2D eigenvalue weighted by Gasteiger charge is 2.06. The zero-order chi connectivity index (χ0) is 12.8. The Bertz CT molecular complexity index is 335. The lowest BCUT2D eigenvalue weighted by atomic mass is 10.0. The summed E-state index contributed by atoms with van der Waals surface area (Å²) in [6, 6.07) is 4.37. The normalized spacial score (nSPS) is 10.9. The molecule has 0 bridgehead atoms. The molecule has 0 saturated heterocycles. The van der Waals surface area contributed by atoms with E-state index in [1.807, 2.05) is 0 Å². The van der Waals surface area contributed by atoms with Gasteiger partial charge in [0.2, 0.25) is 0 Å². The molecule has 2 nitrogen and oxygen atoms in total. The summed E-state index contributed by atoms with van der Waals surface area (Å²) in [6.45, 7) is 10.2. The summed E-state index contributed by atoms with van der Waals surface area (Å²) in [6.07, 6.45) is 2.04. The summed E-state index contributed by atoms with van der Waals surface area (Å²) in [7, 11) is 0. The van der Waals surface area contributed by atoms with E-state index in [1.165, 1.54) is 16.7 Å². The van der Waals surface area contributed by atoms with Crippen molar-refractivity contribution in [3.05, 3.63) is 28.8 Å². The molecule has 0 aliphatic heterocycles. The van der Waals surface area contributed by atoms with E-state index in [4.69, 9.17) is 10.5 Å². The minimum absolute atomic E-state index is 0.687. The molecule has 1 aromatic rings. The van der Waals surface area contributed by atoms with Gasteiger partial charge in [-0.2, -0.15) is 0 Å². The molecule has 2 N–H and O–H groups in total. The molecule has 0 spiro atoms. The van der Waals surface area contributed by atoms with Gasteiger partial charge in [0.25, 0.3) is 0 Å². The molecule has 0 aliphatic carbocycles. The van der Waals surface area contributed by atoms with Crippen molar-refractivity contribution in [3.63, 3.8) is 0 Å². The molecular formula is C15H25NO. The average molecular weight is 235 g/mol. The first-order valence-electron chi connectivity index (χ1n) is 6.47. The zero-order valence-electron chi connectivity index (χ0n) is 11.5. The average Bonchev–Trinajstić information content (AvgIpc) is 2.22. The first kappa shape index (κ1) is 14.0. The van der Waals surface area contributed by atoms with E-state index in [0.29, 0.717) is 12.5 Å². The van der Waals surface area contributed by atoms with Gasteiger partial charge < -0.3 is 10.5 Å². The second-order valence-electron chi connectivity index (χ2n) is 5.13. The van der Waals surface area contributed by atoms with Gasteiger partial charge in [-0.3, -0.25) is 0 Å². The lowest BCUT2D eigenvalue weighted by molar-refractivity contribution is 0.286. The molecule has 17 heavy (non-hydrogen) atoms. The Morgan fingerprint density at radius 3 is 2.24 bits per heavy atom. The van der Waals surface area contributed by atoms with E-state index >= 15 is 0 Å². The van der Waals surface area contributed by atoms with Crippen molar-refractivity contribution in [3.8, 4) is 5.75 Å². The number of aryl methyl sites for hydroxylation is 2. The van der Waals surface area contributed by atoms with Crippen LogP contribution in [-0.2, 0) is 6.42 Å². The van der Waals surface area contributed by atoms with Crippen molar-refractivity contribution < 1.29 is 4.74 Å². The molecule has 2 heteroatoms. The van der Waals surface area contributed by atoms with Crippen molar-refractivity contribution in [2.45, 2.75) is 40.5 Å². The fourth-order valence-corrected chi connectivity index (χ4v) is 1.98. The first-order chi connectivity index (χ1) is 8.04. The van der Waals surface area contributed by atoms with Crippen LogP contribution in [-0.4, -0.2) is 13.2 Å². The summed E-state index contributed by atoms with van der Waals surface area (Å²) in [5.41, 5.74) is 9.32. The standard InChI is InChI=1S/C15H25NO/c1-11(2)6-8-17-15-12(3)9-14(5-7-16)10-13(15)4/h9-11H,5-8,16H2,1-4H3. The second-order valence-corrected chi connectivity index (χ2v) is 5.13. The molecule has 0 heterocycles. The number of ether oxygens (including phenoxy) is 1. The monoisotopic (exact) mass is 235 g/mol. The summed E-state index contributed by atoms with van der Waals surface area (Å²) in [4.78, 5) is 0. The lowest BCUT2D eigenvalue weighted by Crippen LogP contribution is -2.06. The third-order valence-corrected chi connectivity index (χ3v) is 2.89. The van der Waals surface area contributed by atoms with Gasteiger partial charge in [-0.15, -0.1) is 0 Å². The van der Waals surface area contributed by atoms with E-state index < -0.39 is 0 Å². The van der Waals surface area contributed by atoms with E-state index in [0.717, 1.165) is 25.2 Å². The van der Waals surface area contributed by atoms with Gasteiger partial charge in [-0.1, -0.05) is 26.0 Å². The van der Waals surface area contributed by atoms with Crippen molar-refractivity contribution >= 4 is 0 Å². The number of rotatable bonds is 6. The van der Waals surface area contributed by atoms with Crippen molar-refractivity contribution in [1.29, 1.82) is 0 Å². The van der Waals surface area contributed by atoms with Crippen LogP contribution >= 0.6 is 0 Å². The molecule has 0 atom stereocenters. The van der Waals surface area contributed by atoms with Crippen LogP contribution in [0.15, 0.2) is 12.1 Å². The van der Waals surface area contributed by atoms with Crippen LogP contribution in [0.3, 0.4) is 0 Å². The summed E-state index contributed by atoms with van der Waals surface area (Å²) in [5, 5.41) is 0. The highest BCUT2D eigenvalue weighted by Crippen LogP contribution is 2.25. The fraction of sp³-hybridized carbons (Fsp3) is 0.600. The van der Waals surface area contributed by atoms with Gasteiger partial charge in [0.15, 0.2) is 0 Å². The number of benzene rings is 1. The van der Waals surface area contributed by atoms with Gasteiger partial charge in [0.1, 0.15) is 5.75 Å². The van der Waals surface area contributed by atoms with Crippen LogP contribution in [0.25, 0.3) is 0 Å². The van der Waals surface area contributed by atoms with Gasteiger partial charge in [0.05, 0.1) is 6.61 Å². The maximum absolute atomic E-state index is 5.88. The minimum atomic E-state index is 0.687. The van der Waals surface area contributed by atoms with Crippen LogP contribution in [0, 0.1) is 19.8 Å². The van der Waals surface area contributed by atoms with Gasteiger partial charge in [-0.05, 0) is 55.8 Å². The van der Waals surface area contributed by atoms with Gasteiger partial charge in [-0.25, -0.2) is 0 Å². The van der Waals surface area contributed by atoms with Gasteiger partial charge >= 0.3 is 0 Å². The van der Waals surface area contributed by atoms with Crippen molar-refractivity contribution in [1.82, 2.24) is 0 Å². The Morgan fingerprint density at radius 2 is 1.76 bits per heavy atom. The molecule has 1 aromatic carbocycles. The van der Waals surface area contributed by atoms with Crippen LogP contribution < -0.4 is 10.5 Å². The van der Waals surface area contributed by atoms with Crippen LogP contribution in [0.5, 0.6) is 5.75 Å². The number of hydrogen-bond acceptors (Lipinski definition) is 2. The van der Waals surface area contributed by atoms with E-state index in [2.05, 4.69) is 39.8 Å². The molecular weight excluding hydrogens is 210 g/mol. The predicted molar refractivity (Wildman–Crippen MR) is 73.6 cm³/mol. The third kappa shape index (κ3) is 4.39. The summed E-state index contributed by atoms with van der Waals surface area (Å²) in [5.74, 6) is 1.73. The Labute approximate surface area is 105 Å². The lowest BCUT2D eigenvalue weighted by Gasteiger charge is -2.14. The maximum atomic E-state index is 5.88. The SMILES string of the molecule is Cc1cc(CCN)cc(C)c1OCCC(C)C. The highest BCUT2D eigenvalue weighted by atomic mass is 16.5. The quantitative estimate of drug-likeness (QED) is 0.821. The van der Waals surface area contributed by atoms with E-state index in [-0.39, 0.29) is 0 Å². The Balaban J connectivity index is 2.72. The minimum Gasteiger partial charge on any atom is -0.493 e. The largest absolute Gasteiger partial charge is 0.493 e. The highest BCUT2D eigenvalue weighted by molar-refractivity contribution is 5.43. The fourth-order valence-electron chi connectivity index (χ4n) is 1.98. The molecule has 0 amide bonds. The molecule has 0 fully saturated rings. The first-order valence-corrected chi connectivity index (χ1v) is 6.47. The summed E-state index contributed by atoms with van der Waals surface area (Å²) >= 11 is 0. The molecule has 0 saturated carbocycles. The molecule has 1 rings (SSSR count). The van der Waals surface area contributed by atoms with Crippen LogP contribution in [0.2, 0.25) is 0 Å². The molecule has 0 aromatic heterocycles. The van der Waals surface area contributed by atoms with Crippen molar-refractivity contribution in [2.75, 3.05) is 13.2 Å². The van der Waals surface area contributed by atoms with E-state index in [1.54, 1.807) is 0 Å². The van der Waals surface area contributed by atoms with E-state index in [9.17, 15) is 0 Å². The van der Waals surface area contributed by atoms with Crippen LogP contribution in [0.4, 0.5) is 0 Å². The number of nitrogens with two attached hydrogens (primary N) is 1. The van der Waals surface area contributed by atoms with Crippen molar-refractivity contribution in [2.24, 2.45) is 11.7 Å². The molecule has 0 unspecified atom stereocenters. The smallest absolute Gasteiger partial charge is 0.125 e.